The molecule has 2 aromatic rings. The zero-order valence-corrected chi connectivity index (χ0v) is 13.5. The SMILES string of the molecule is COc1ccc([C@@H]2CCCN2C(=O)c2cc(C)on2)c(OC)c1. The minimum absolute atomic E-state index is 0.0274. The van der Waals surface area contributed by atoms with Gasteiger partial charge < -0.3 is 18.9 Å². The Morgan fingerprint density at radius 3 is 2.78 bits per heavy atom. The van der Waals surface area contributed by atoms with Crippen molar-refractivity contribution in [1.82, 2.24) is 10.1 Å². The summed E-state index contributed by atoms with van der Waals surface area (Å²) < 4.78 is 15.7. The molecule has 0 saturated carbocycles. The third-order valence-corrected chi connectivity index (χ3v) is 4.16. The van der Waals surface area contributed by atoms with Crippen LogP contribution in [-0.4, -0.2) is 36.7 Å². The Kier molecular flexibility index (Phi) is 4.23. The molecule has 6 nitrogen and oxygen atoms in total. The van der Waals surface area contributed by atoms with Crippen molar-refractivity contribution in [3.63, 3.8) is 0 Å². The molecule has 1 fully saturated rings. The van der Waals surface area contributed by atoms with E-state index in [1.165, 1.54) is 0 Å². The first-order chi connectivity index (χ1) is 11.1. The van der Waals surface area contributed by atoms with Crippen molar-refractivity contribution in [3.8, 4) is 11.5 Å². The molecule has 122 valence electrons. The number of aromatic nitrogens is 1. The van der Waals surface area contributed by atoms with Gasteiger partial charge in [0.1, 0.15) is 17.3 Å². The van der Waals surface area contributed by atoms with Crippen molar-refractivity contribution >= 4 is 5.91 Å². The van der Waals surface area contributed by atoms with Crippen LogP contribution in [0.25, 0.3) is 0 Å². The van der Waals surface area contributed by atoms with E-state index >= 15 is 0 Å². The molecule has 1 aromatic carbocycles. The van der Waals surface area contributed by atoms with Crippen molar-refractivity contribution in [3.05, 3.63) is 41.3 Å². The predicted molar refractivity (Wildman–Crippen MR) is 83.8 cm³/mol. The predicted octanol–water partition coefficient (Wildman–Crippen LogP) is 2.98. The molecule has 1 aromatic heterocycles. The zero-order valence-electron chi connectivity index (χ0n) is 13.5. The smallest absolute Gasteiger partial charge is 0.276 e. The first-order valence-corrected chi connectivity index (χ1v) is 7.60. The fourth-order valence-corrected chi connectivity index (χ4v) is 3.04. The maximum atomic E-state index is 12.7. The summed E-state index contributed by atoms with van der Waals surface area (Å²) in [5.74, 6) is 1.98. The molecule has 1 saturated heterocycles. The van der Waals surface area contributed by atoms with E-state index in [2.05, 4.69) is 5.16 Å². The van der Waals surface area contributed by atoms with E-state index < -0.39 is 0 Å². The van der Waals surface area contributed by atoms with Gasteiger partial charge in [-0.1, -0.05) is 5.16 Å². The molecule has 1 aliphatic heterocycles. The van der Waals surface area contributed by atoms with E-state index in [9.17, 15) is 4.79 Å². The maximum Gasteiger partial charge on any atom is 0.276 e. The van der Waals surface area contributed by atoms with Gasteiger partial charge in [-0.05, 0) is 31.9 Å². The number of benzene rings is 1. The molecule has 2 heterocycles. The quantitative estimate of drug-likeness (QED) is 0.867. The van der Waals surface area contributed by atoms with Crippen molar-refractivity contribution in [1.29, 1.82) is 0 Å². The van der Waals surface area contributed by atoms with Crippen molar-refractivity contribution in [2.45, 2.75) is 25.8 Å². The van der Waals surface area contributed by atoms with Crippen molar-refractivity contribution < 1.29 is 18.8 Å². The molecular weight excluding hydrogens is 296 g/mol. The number of ether oxygens (including phenoxy) is 2. The van der Waals surface area contributed by atoms with E-state index in [-0.39, 0.29) is 11.9 Å². The summed E-state index contributed by atoms with van der Waals surface area (Å²) in [5, 5.41) is 3.84. The number of hydrogen-bond donors (Lipinski definition) is 0. The first kappa shape index (κ1) is 15.4. The van der Waals surface area contributed by atoms with Gasteiger partial charge >= 0.3 is 0 Å². The highest BCUT2D eigenvalue weighted by molar-refractivity contribution is 5.92. The number of carbonyl (C=O) groups is 1. The molecular formula is C17H20N2O4. The minimum Gasteiger partial charge on any atom is -0.497 e. The number of carbonyl (C=O) groups excluding carboxylic acids is 1. The van der Waals surface area contributed by atoms with Crippen LogP contribution < -0.4 is 9.47 Å². The zero-order chi connectivity index (χ0) is 16.4. The fourth-order valence-electron chi connectivity index (χ4n) is 3.04. The van der Waals surface area contributed by atoms with Crippen LogP contribution in [0.4, 0.5) is 0 Å². The van der Waals surface area contributed by atoms with Crippen molar-refractivity contribution in [2.75, 3.05) is 20.8 Å². The van der Waals surface area contributed by atoms with Gasteiger partial charge in [0, 0.05) is 24.2 Å². The second kappa shape index (κ2) is 6.32. The molecule has 1 amide bonds. The Balaban J connectivity index is 1.91. The summed E-state index contributed by atoms with van der Waals surface area (Å²) in [6, 6.07) is 7.33. The molecule has 3 rings (SSSR count). The molecule has 0 radical (unpaired) electrons. The number of likely N-dealkylation sites (tertiary alicyclic amines) is 1. The molecule has 23 heavy (non-hydrogen) atoms. The maximum absolute atomic E-state index is 12.7. The van der Waals surface area contributed by atoms with Crippen LogP contribution in [-0.2, 0) is 0 Å². The molecule has 0 N–H and O–H groups in total. The lowest BCUT2D eigenvalue weighted by Crippen LogP contribution is -2.31. The lowest BCUT2D eigenvalue weighted by molar-refractivity contribution is 0.0723. The van der Waals surface area contributed by atoms with Gasteiger partial charge in [-0.2, -0.15) is 0 Å². The van der Waals surface area contributed by atoms with Gasteiger partial charge in [-0.15, -0.1) is 0 Å². The standard InChI is InChI=1S/C17H20N2O4/c1-11-9-14(18-23-11)17(20)19-8-4-5-15(19)13-7-6-12(21-2)10-16(13)22-3/h6-7,9-10,15H,4-5,8H2,1-3H3/t15-/m0/s1. The monoisotopic (exact) mass is 316 g/mol. The summed E-state index contributed by atoms with van der Waals surface area (Å²) in [4.78, 5) is 14.5. The van der Waals surface area contributed by atoms with Crippen LogP contribution in [0.5, 0.6) is 11.5 Å². The molecule has 6 heteroatoms. The molecule has 0 aliphatic carbocycles. The number of rotatable bonds is 4. The Hall–Kier alpha value is -2.50. The average molecular weight is 316 g/mol. The second-order valence-corrected chi connectivity index (χ2v) is 5.59. The van der Waals surface area contributed by atoms with Crippen LogP contribution in [0.15, 0.2) is 28.8 Å². The second-order valence-electron chi connectivity index (χ2n) is 5.59. The Labute approximate surface area is 135 Å². The summed E-state index contributed by atoms with van der Waals surface area (Å²) >= 11 is 0. The van der Waals surface area contributed by atoms with Gasteiger partial charge in [0.15, 0.2) is 5.69 Å². The first-order valence-electron chi connectivity index (χ1n) is 7.60. The van der Waals surface area contributed by atoms with Gasteiger partial charge in [0.25, 0.3) is 5.91 Å². The highest BCUT2D eigenvalue weighted by Gasteiger charge is 2.33. The van der Waals surface area contributed by atoms with E-state index in [1.807, 2.05) is 23.1 Å². The molecule has 1 atom stereocenters. The van der Waals surface area contributed by atoms with Crippen LogP contribution >= 0.6 is 0 Å². The third-order valence-electron chi connectivity index (χ3n) is 4.16. The normalized spacial score (nSPS) is 17.3. The fraction of sp³-hybridized carbons (Fsp3) is 0.412. The van der Waals surface area contributed by atoms with Crippen LogP contribution in [0.1, 0.15) is 40.7 Å². The Morgan fingerprint density at radius 1 is 1.30 bits per heavy atom. The van der Waals surface area contributed by atoms with E-state index in [4.69, 9.17) is 14.0 Å². The Morgan fingerprint density at radius 2 is 2.13 bits per heavy atom. The number of methoxy groups -OCH3 is 2. The van der Waals surface area contributed by atoms with E-state index in [0.717, 1.165) is 29.9 Å². The summed E-state index contributed by atoms with van der Waals surface area (Å²) in [6.45, 7) is 2.47. The van der Waals surface area contributed by atoms with Gasteiger partial charge in [0.2, 0.25) is 0 Å². The highest BCUT2D eigenvalue weighted by Crippen LogP contribution is 2.39. The molecule has 0 bridgehead atoms. The lowest BCUT2D eigenvalue weighted by Gasteiger charge is -2.25. The summed E-state index contributed by atoms with van der Waals surface area (Å²) in [7, 11) is 3.24. The van der Waals surface area contributed by atoms with Crippen LogP contribution in [0.3, 0.4) is 0 Å². The summed E-state index contributed by atoms with van der Waals surface area (Å²) in [6.07, 6.45) is 1.84. The van der Waals surface area contributed by atoms with Gasteiger partial charge in [0.05, 0.1) is 20.3 Å². The number of nitrogens with zero attached hydrogens (tertiary/aromatic N) is 2. The van der Waals surface area contributed by atoms with Crippen LogP contribution in [0, 0.1) is 6.92 Å². The lowest BCUT2D eigenvalue weighted by atomic mass is 10.0. The Bertz CT molecular complexity index is 710. The molecule has 0 spiro atoms. The van der Waals surface area contributed by atoms with E-state index in [0.29, 0.717) is 18.0 Å². The van der Waals surface area contributed by atoms with Crippen LogP contribution in [0.2, 0.25) is 0 Å². The largest absolute Gasteiger partial charge is 0.497 e. The molecule has 1 aliphatic rings. The molecule has 0 unspecified atom stereocenters. The van der Waals surface area contributed by atoms with Crippen molar-refractivity contribution in [2.24, 2.45) is 0 Å². The van der Waals surface area contributed by atoms with Gasteiger partial charge in [-0.25, -0.2) is 0 Å². The minimum atomic E-state index is -0.109. The number of amides is 1. The number of hydrogen-bond acceptors (Lipinski definition) is 5. The summed E-state index contributed by atoms with van der Waals surface area (Å²) in [5.41, 5.74) is 1.33. The highest BCUT2D eigenvalue weighted by atomic mass is 16.5. The third kappa shape index (κ3) is 2.88. The number of aryl methyl sites for hydroxylation is 1. The average Bonchev–Trinajstić information content (AvgIpc) is 3.22. The topological polar surface area (TPSA) is 64.8 Å². The van der Waals surface area contributed by atoms with Gasteiger partial charge in [-0.3, -0.25) is 4.79 Å². The van der Waals surface area contributed by atoms with E-state index in [1.54, 1.807) is 27.2 Å².